The summed E-state index contributed by atoms with van der Waals surface area (Å²) in [6.07, 6.45) is 2.33. The van der Waals surface area contributed by atoms with Crippen molar-refractivity contribution >= 4 is 11.8 Å². The van der Waals surface area contributed by atoms with Crippen molar-refractivity contribution in [1.82, 2.24) is 4.90 Å². The van der Waals surface area contributed by atoms with Crippen LogP contribution >= 0.6 is 0 Å². The molecule has 0 aromatic heterocycles. The molecule has 1 fully saturated rings. The van der Waals surface area contributed by atoms with Gasteiger partial charge in [0.1, 0.15) is 0 Å². The number of piperidine rings is 1. The lowest BCUT2D eigenvalue weighted by Crippen LogP contribution is -2.51. The molecule has 1 aliphatic heterocycles. The van der Waals surface area contributed by atoms with E-state index in [1.165, 1.54) is 0 Å². The molecule has 2 amide bonds. The van der Waals surface area contributed by atoms with E-state index in [0.29, 0.717) is 26.1 Å². The molecule has 4 N–H and O–H groups in total. The number of amides is 2. The Balaban J connectivity index is 2.72. The van der Waals surface area contributed by atoms with Gasteiger partial charge in [0.2, 0.25) is 11.8 Å². The molecule has 17 heavy (non-hydrogen) atoms. The van der Waals surface area contributed by atoms with E-state index in [0.717, 1.165) is 12.8 Å². The van der Waals surface area contributed by atoms with E-state index in [9.17, 15) is 9.59 Å². The minimum Gasteiger partial charge on any atom is -0.369 e. The summed E-state index contributed by atoms with van der Waals surface area (Å²) in [4.78, 5) is 25.3. The fourth-order valence-corrected chi connectivity index (χ4v) is 2.16. The van der Waals surface area contributed by atoms with Gasteiger partial charge in [-0.2, -0.15) is 0 Å². The number of hydrogen-bond acceptors (Lipinski definition) is 3. The van der Waals surface area contributed by atoms with Crippen LogP contribution in [0.2, 0.25) is 0 Å². The number of primary amides is 1. The van der Waals surface area contributed by atoms with Crippen molar-refractivity contribution in [2.45, 2.75) is 33.1 Å². The SMILES string of the molecule is CCC(C)(CN)C(=O)N1CCCC(C(N)=O)C1. The molecule has 5 nitrogen and oxygen atoms in total. The van der Waals surface area contributed by atoms with Gasteiger partial charge in [0, 0.05) is 19.6 Å². The maximum Gasteiger partial charge on any atom is 0.229 e. The van der Waals surface area contributed by atoms with Gasteiger partial charge in [0.25, 0.3) is 0 Å². The molecule has 0 aliphatic carbocycles. The highest BCUT2D eigenvalue weighted by molar-refractivity contribution is 5.84. The first-order valence-corrected chi connectivity index (χ1v) is 6.23. The van der Waals surface area contributed by atoms with Crippen LogP contribution in [-0.4, -0.2) is 36.3 Å². The highest BCUT2D eigenvalue weighted by Gasteiger charge is 2.36. The van der Waals surface area contributed by atoms with Gasteiger partial charge in [-0.05, 0) is 26.2 Å². The monoisotopic (exact) mass is 241 g/mol. The molecule has 1 aliphatic rings. The third-order valence-electron chi connectivity index (χ3n) is 3.86. The molecule has 1 rings (SSSR count). The Kier molecular flexibility index (Phi) is 4.51. The maximum absolute atomic E-state index is 12.3. The Morgan fingerprint density at radius 2 is 2.12 bits per heavy atom. The highest BCUT2D eigenvalue weighted by atomic mass is 16.2. The summed E-state index contributed by atoms with van der Waals surface area (Å²) in [5.41, 5.74) is 10.5. The van der Waals surface area contributed by atoms with E-state index in [4.69, 9.17) is 11.5 Å². The third kappa shape index (κ3) is 2.97. The summed E-state index contributed by atoms with van der Waals surface area (Å²) < 4.78 is 0. The van der Waals surface area contributed by atoms with Crippen LogP contribution in [0.4, 0.5) is 0 Å². The van der Waals surface area contributed by atoms with Gasteiger partial charge in [0.15, 0.2) is 0 Å². The largest absolute Gasteiger partial charge is 0.369 e. The second-order valence-electron chi connectivity index (χ2n) is 5.11. The molecule has 98 valence electrons. The fourth-order valence-electron chi connectivity index (χ4n) is 2.16. The van der Waals surface area contributed by atoms with Gasteiger partial charge in [-0.3, -0.25) is 9.59 Å². The number of likely N-dealkylation sites (tertiary alicyclic amines) is 1. The van der Waals surface area contributed by atoms with Crippen molar-refractivity contribution in [3.8, 4) is 0 Å². The lowest BCUT2D eigenvalue weighted by atomic mass is 9.84. The molecule has 0 aromatic carbocycles. The lowest BCUT2D eigenvalue weighted by Gasteiger charge is -2.37. The molecule has 0 saturated carbocycles. The van der Waals surface area contributed by atoms with E-state index >= 15 is 0 Å². The zero-order chi connectivity index (χ0) is 13.1. The lowest BCUT2D eigenvalue weighted by molar-refractivity contribution is -0.143. The van der Waals surface area contributed by atoms with Crippen LogP contribution in [0.1, 0.15) is 33.1 Å². The average molecular weight is 241 g/mol. The van der Waals surface area contributed by atoms with Crippen LogP contribution < -0.4 is 11.5 Å². The van der Waals surface area contributed by atoms with Crippen LogP contribution in [-0.2, 0) is 9.59 Å². The Bertz CT molecular complexity index is 300. The molecule has 0 bridgehead atoms. The minimum atomic E-state index is -0.514. The number of nitrogens with two attached hydrogens (primary N) is 2. The molecule has 1 saturated heterocycles. The van der Waals surface area contributed by atoms with Crippen LogP contribution in [0.25, 0.3) is 0 Å². The summed E-state index contributed by atoms with van der Waals surface area (Å²) in [7, 11) is 0. The van der Waals surface area contributed by atoms with E-state index in [1.54, 1.807) is 4.90 Å². The molecule has 0 radical (unpaired) electrons. The van der Waals surface area contributed by atoms with Gasteiger partial charge in [0.05, 0.1) is 11.3 Å². The Morgan fingerprint density at radius 3 is 2.59 bits per heavy atom. The number of hydrogen-bond donors (Lipinski definition) is 2. The molecular weight excluding hydrogens is 218 g/mol. The molecule has 5 heteroatoms. The van der Waals surface area contributed by atoms with Crippen molar-refractivity contribution in [2.75, 3.05) is 19.6 Å². The van der Waals surface area contributed by atoms with Crippen molar-refractivity contribution in [2.24, 2.45) is 22.8 Å². The normalized spacial score (nSPS) is 24.2. The van der Waals surface area contributed by atoms with Crippen molar-refractivity contribution in [1.29, 1.82) is 0 Å². The number of carbonyl (C=O) groups is 2. The van der Waals surface area contributed by atoms with E-state index in [1.807, 2.05) is 13.8 Å². The summed E-state index contributed by atoms with van der Waals surface area (Å²) in [6, 6.07) is 0. The Hall–Kier alpha value is -1.10. The molecule has 2 atom stereocenters. The van der Waals surface area contributed by atoms with E-state index in [2.05, 4.69) is 0 Å². The third-order valence-corrected chi connectivity index (χ3v) is 3.86. The zero-order valence-electron chi connectivity index (χ0n) is 10.7. The van der Waals surface area contributed by atoms with E-state index in [-0.39, 0.29) is 17.7 Å². The molecule has 0 aromatic rings. The summed E-state index contributed by atoms with van der Waals surface area (Å²) >= 11 is 0. The number of rotatable bonds is 4. The van der Waals surface area contributed by atoms with Gasteiger partial charge in [-0.1, -0.05) is 6.92 Å². The van der Waals surface area contributed by atoms with Gasteiger partial charge in [-0.25, -0.2) is 0 Å². The molecular formula is C12H23N3O2. The predicted octanol–water partition coefficient (Wildman–Crippen LogP) is 0.0853. The number of nitrogens with zero attached hydrogens (tertiary/aromatic N) is 1. The first-order chi connectivity index (χ1) is 7.94. The summed E-state index contributed by atoms with van der Waals surface area (Å²) in [5, 5.41) is 0. The van der Waals surface area contributed by atoms with Gasteiger partial charge < -0.3 is 16.4 Å². The first-order valence-electron chi connectivity index (χ1n) is 6.23. The van der Waals surface area contributed by atoms with Crippen LogP contribution in [0.3, 0.4) is 0 Å². The van der Waals surface area contributed by atoms with Gasteiger partial charge >= 0.3 is 0 Å². The van der Waals surface area contributed by atoms with Crippen LogP contribution in [0.5, 0.6) is 0 Å². The second-order valence-corrected chi connectivity index (χ2v) is 5.11. The molecule has 1 heterocycles. The van der Waals surface area contributed by atoms with Gasteiger partial charge in [-0.15, -0.1) is 0 Å². The number of carbonyl (C=O) groups excluding carboxylic acids is 2. The quantitative estimate of drug-likeness (QED) is 0.730. The predicted molar refractivity (Wildman–Crippen MR) is 66.0 cm³/mol. The second kappa shape index (κ2) is 5.49. The van der Waals surface area contributed by atoms with Crippen molar-refractivity contribution < 1.29 is 9.59 Å². The van der Waals surface area contributed by atoms with Crippen LogP contribution in [0, 0.1) is 11.3 Å². The fraction of sp³-hybridized carbons (Fsp3) is 0.833. The Labute approximate surface area is 103 Å². The Morgan fingerprint density at radius 1 is 1.47 bits per heavy atom. The average Bonchev–Trinajstić information content (AvgIpc) is 2.37. The first kappa shape index (κ1) is 14.0. The smallest absolute Gasteiger partial charge is 0.229 e. The van der Waals surface area contributed by atoms with Crippen molar-refractivity contribution in [3.05, 3.63) is 0 Å². The standard InChI is InChI=1S/C12H23N3O2/c1-3-12(2,8-13)11(17)15-6-4-5-9(7-15)10(14)16/h9H,3-8,13H2,1-2H3,(H2,14,16). The highest BCUT2D eigenvalue weighted by Crippen LogP contribution is 2.26. The molecule has 0 spiro atoms. The minimum absolute atomic E-state index is 0.0495. The maximum atomic E-state index is 12.3. The molecule has 2 unspecified atom stereocenters. The summed E-state index contributed by atoms with van der Waals surface area (Å²) in [5.74, 6) is -0.464. The van der Waals surface area contributed by atoms with E-state index < -0.39 is 5.41 Å². The van der Waals surface area contributed by atoms with Crippen molar-refractivity contribution in [3.63, 3.8) is 0 Å². The van der Waals surface area contributed by atoms with Crippen LogP contribution in [0.15, 0.2) is 0 Å². The topological polar surface area (TPSA) is 89.4 Å². The zero-order valence-corrected chi connectivity index (χ0v) is 10.7. The summed E-state index contributed by atoms with van der Waals surface area (Å²) in [6.45, 7) is 5.32.